The fourth-order valence-corrected chi connectivity index (χ4v) is 5.62. The van der Waals surface area contributed by atoms with Gasteiger partial charge in [-0.05, 0) is 74.0 Å². The third-order valence-electron chi connectivity index (χ3n) is 6.35. The van der Waals surface area contributed by atoms with Crippen LogP contribution in [-0.2, 0) is 9.59 Å². The van der Waals surface area contributed by atoms with Crippen molar-refractivity contribution in [2.45, 2.75) is 19.9 Å². The number of carbonyl (C=O) groups is 2. The second-order valence-electron chi connectivity index (χ2n) is 8.70. The molecule has 0 aliphatic carbocycles. The predicted molar refractivity (Wildman–Crippen MR) is 146 cm³/mol. The summed E-state index contributed by atoms with van der Waals surface area (Å²) in [6, 6.07) is 16.6. The Hall–Kier alpha value is -4.37. The van der Waals surface area contributed by atoms with E-state index >= 15 is 0 Å². The molecule has 1 aliphatic rings. The summed E-state index contributed by atoms with van der Waals surface area (Å²) in [5.41, 5.74) is 2.55. The number of nitrogens with zero attached hydrogens (tertiary/aromatic N) is 2. The Kier molecular flexibility index (Phi) is 6.77. The smallest absolute Gasteiger partial charge is 0.301 e. The number of ketones is 1. The van der Waals surface area contributed by atoms with Crippen molar-refractivity contribution >= 4 is 44.1 Å². The van der Waals surface area contributed by atoms with Gasteiger partial charge in [-0.15, -0.1) is 0 Å². The molecule has 9 heteroatoms. The molecule has 1 N–H and O–H groups in total. The van der Waals surface area contributed by atoms with E-state index in [4.69, 9.17) is 14.2 Å². The first-order valence-electron chi connectivity index (χ1n) is 12.0. The molecule has 0 radical (unpaired) electrons. The molecule has 0 unspecified atom stereocenters. The number of hydrogen-bond donors (Lipinski definition) is 1. The molecule has 0 saturated carbocycles. The van der Waals surface area contributed by atoms with Crippen molar-refractivity contribution in [2.75, 3.05) is 25.7 Å². The molecule has 2 heterocycles. The Morgan fingerprint density at radius 1 is 1.00 bits per heavy atom. The highest BCUT2D eigenvalue weighted by Crippen LogP contribution is 2.47. The first-order valence-corrected chi connectivity index (χ1v) is 12.8. The van der Waals surface area contributed by atoms with Crippen LogP contribution in [0.3, 0.4) is 0 Å². The van der Waals surface area contributed by atoms with Crippen LogP contribution in [0.4, 0.5) is 5.13 Å². The number of fused-ring (bicyclic) bond motifs is 1. The highest BCUT2D eigenvalue weighted by molar-refractivity contribution is 7.22. The van der Waals surface area contributed by atoms with Crippen molar-refractivity contribution in [3.63, 3.8) is 0 Å². The van der Waals surface area contributed by atoms with Crippen molar-refractivity contribution < 1.29 is 28.9 Å². The summed E-state index contributed by atoms with van der Waals surface area (Å²) in [7, 11) is 3.03. The van der Waals surface area contributed by atoms with E-state index in [1.807, 2.05) is 32.0 Å². The SMILES string of the molecule is CCOc1ccc(C(O)=C2C(=O)C(=O)N(c3nc4ccc(C)cc4s3)[C@H]2c2cc(OC)ccc2OC)cc1. The van der Waals surface area contributed by atoms with Gasteiger partial charge < -0.3 is 19.3 Å². The van der Waals surface area contributed by atoms with Gasteiger partial charge in [0.25, 0.3) is 5.78 Å². The maximum absolute atomic E-state index is 13.6. The standard InChI is InChI=1S/C29H26N2O6S/c1-5-37-18-9-7-17(8-10-18)26(32)24-25(20-15-19(35-3)11-13-22(20)36-4)31(28(34)27(24)33)29-30-21-12-6-16(2)14-23(21)38-29/h6-15,25,32H,5H2,1-4H3/t25-/m0/s1. The van der Waals surface area contributed by atoms with Crippen LogP contribution in [-0.4, -0.2) is 42.6 Å². The topological polar surface area (TPSA) is 98.2 Å². The van der Waals surface area contributed by atoms with Crippen molar-refractivity contribution in [3.8, 4) is 17.2 Å². The lowest BCUT2D eigenvalue weighted by Gasteiger charge is -2.25. The largest absolute Gasteiger partial charge is 0.507 e. The molecular weight excluding hydrogens is 504 g/mol. The summed E-state index contributed by atoms with van der Waals surface area (Å²) in [5, 5.41) is 11.8. The summed E-state index contributed by atoms with van der Waals surface area (Å²) in [6.07, 6.45) is 0. The van der Waals surface area contributed by atoms with Crippen molar-refractivity contribution in [2.24, 2.45) is 0 Å². The number of methoxy groups -OCH3 is 2. The quantitative estimate of drug-likeness (QED) is 0.187. The summed E-state index contributed by atoms with van der Waals surface area (Å²) in [6.45, 7) is 4.34. The molecule has 8 nitrogen and oxygen atoms in total. The summed E-state index contributed by atoms with van der Waals surface area (Å²) in [4.78, 5) is 33.1. The lowest BCUT2D eigenvalue weighted by atomic mass is 9.94. The molecule has 38 heavy (non-hydrogen) atoms. The Bertz CT molecular complexity index is 1570. The van der Waals surface area contributed by atoms with Gasteiger partial charge in [0.15, 0.2) is 5.13 Å². The summed E-state index contributed by atoms with van der Waals surface area (Å²) >= 11 is 1.30. The number of thiazole rings is 1. The number of Topliss-reactive ketones (excluding diaryl/α,β-unsaturated/α-hetero) is 1. The van der Waals surface area contributed by atoms with Crippen molar-refractivity contribution in [3.05, 3.63) is 82.9 Å². The van der Waals surface area contributed by atoms with Crippen LogP contribution in [0.1, 0.15) is 29.7 Å². The van der Waals surface area contributed by atoms with Crippen molar-refractivity contribution in [1.29, 1.82) is 0 Å². The van der Waals surface area contributed by atoms with Crippen LogP contribution < -0.4 is 19.1 Å². The monoisotopic (exact) mass is 530 g/mol. The zero-order chi connectivity index (χ0) is 27.0. The molecule has 1 aliphatic heterocycles. The Labute approximate surface area is 223 Å². The minimum Gasteiger partial charge on any atom is -0.507 e. The molecule has 1 amide bonds. The number of amides is 1. The normalized spacial score (nSPS) is 16.7. The maximum Gasteiger partial charge on any atom is 0.301 e. The van der Waals surface area contributed by atoms with E-state index in [0.717, 1.165) is 10.3 Å². The van der Waals surface area contributed by atoms with Gasteiger partial charge in [0.05, 0.1) is 36.6 Å². The number of hydrogen-bond acceptors (Lipinski definition) is 8. The molecule has 4 aromatic rings. The van der Waals surface area contributed by atoms with Gasteiger partial charge in [-0.25, -0.2) is 4.98 Å². The van der Waals surface area contributed by atoms with Crippen LogP contribution in [0, 0.1) is 6.92 Å². The van der Waals surface area contributed by atoms with Gasteiger partial charge in [-0.3, -0.25) is 14.5 Å². The Morgan fingerprint density at radius 2 is 1.74 bits per heavy atom. The lowest BCUT2D eigenvalue weighted by Crippen LogP contribution is -2.29. The molecular formula is C29H26N2O6S. The van der Waals surface area contributed by atoms with E-state index in [-0.39, 0.29) is 11.3 Å². The van der Waals surface area contributed by atoms with Crippen LogP contribution in [0.5, 0.6) is 17.2 Å². The molecule has 3 aromatic carbocycles. The third-order valence-corrected chi connectivity index (χ3v) is 7.37. The minimum atomic E-state index is -1.01. The molecule has 194 valence electrons. The van der Waals surface area contributed by atoms with Crippen LogP contribution in [0.15, 0.2) is 66.2 Å². The number of aryl methyl sites for hydroxylation is 1. The van der Waals surface area contributed by atoms with E-state index in [9.17, 15) is 14.7 Å². The Balaban J connectivity index is 1.74. The lowest BCUT2D eigenvalue weighted by molar-refractivity contribution is -0.132. The highest BCUT2D eigenvalue weighted by atomic mass is 32.1. The number of aromatic nitrogens is 1. The Morgan fingerprint density at radius 3 is 2.42 bits per heavy atom. The number of benzene rings is 3. The van der Waals surface area contributed by atoms with Gasteiger partial charge in [-0.1, -0.05) is 17.4 Å². The first kappa shape index (κ1) is 25.3. The minimum absolute atomic E-state index is 0.0684. The van der Waals surface area contributed by atoms with E-state index in [1.54, 1.807) is 42.5 Å². The molecule has 0 bridgehead atoms. The maximum atomic E-state index is 13.6. The van der Waals surface area contributed by atoms with Gasteiger partial charge in [0.2, 0.25) is 0 Å². The number of carbonyl (C=O) groups excluding carboxylic acids is 2. The van der Waals surface area contributed by atoms with Gasteiger partial charge in [0, 0.05) is 11.1 Å². The second-order valence-corrected chi connectivity index (χ2v) is 9.71. The average molecular weight is 531 g/mol. The second kappa shape index (κ2) is 10.2. The summed E-state index contributed by atoms with van der Waals surface area (Å²) < 4.78 is 17.4. The number of rotatable bonds is 7. The average Bonchev–Trinajstić information content (AvgIpc) is 3.45. The number of aliphatic hydroxyl groups excluding tert-OH is 1. The van der Waals surface area contributed by atoms with E-state index in [2.05, 4.69) is 4.98 Å². The summed E-state index contributed by atoms with van der Waals surface area (Å²) in [5.74, 6) is -0.351. The van der Waals surface area contributed by atoms with E-state index in [0.29, 0.717) is 45.6 Å². The zero-order valence-electron chi connectivity index (χ0n) is 21.3. The molecule has 5 rings (SSSR count). The molecule has 1 fully saturated rings. The molecule has 1 saturated heterocycles. The van der Waals surface area contributed by atoms with Gasteiger partial charge in [-0.2, -0.15) is 0 Å². The zero-order valence-corrected chi connectivity index (χ0v) is 22.2. The van der Waals surface area contributed by atoms with Crippen molar-refractivity contribution in [1.82, 2.24) is 4.98 Å². The van der Waals surface area contributed by atoms with E-state index in [1.165, 1.54) is 30.5 Å². The van der Waals surface area contributed by atoms with Crippen LogP contribution >= 0.6 is 11.3 Å². The number of aliphatic hydroxyl groups is 1. The molecule has 1 aromatic heterocycles. The third kappa shape index (κ3) is 4.35. The van der Waals surface area contributed by atoms with E-state index < -0.39 is 17.7 Å². The van der Waals surface area contributed by atoms with Crippen LogP contribution in [0.2, 0.25) is 0 Å². The van der Waals surface area contributed by atoms with Gasteiger partial charge >= 0.3 is 5.91 Å². The van der Waals surface area contributed by atoms with Crippen LogP contribution in [0.25, 0.3) is 16.0 Å². The number of anilines is 1. The fraction of sp³-hybridized carbons (Fsp3) is 0.207. The predicted octanol–water partition coefficient (Wildman–Crippen LogP) is 5.65. The fourth-order valence-electron chi connectivity index (χ4n) is 4.53. The van der Waals surface area contributed by atoms with Gasteiger partial charge in [0.1, 0.15) is 29.0 Å². The first-order chi connectivity index (χ1) is 18.4. The highest BCUT2D eigenvalue weighted by Gasteiger charge is 2.49. The molecule has 0 spiro atoms. The number of ether oxygens (including phenoxy) is 3. The molecule has 1 atom stereocenters.